The molecule has 0 N–H and O–H groups in total. The number of carbonyl (C=O) groups excluding carboxylic acids is 2. The lowest BCUT2D eigenvalue weighted by Gasteiger charge is -2.31. The zero-order chi connectivity index (χ0) is 18.1. The topological polar surface area (TPSA) is 55.8 Å². The highest BCUT2D eigenvalue weighted by Gasteiger charge is 2.25. The van der Waals surface area contributed by atoms with Crippen LogP contribution in [0.2, 0.25) is 0 Å². The van der Waals surface area contributed by atoms with Gasteiger partial charge in [0.25, 0.3) is 5.91 Å². The maximum absolute atomic E-state index is 12.7. The van der Waals surface area contributed by atoms with Gasteiger partial charge in [-0.25, -0.2) is 0 Å². The summed E-state index contributed by atoms with van der Waals surface area (Å²) in [4.78, 5) is 26.1. The van der Waals surface area contributed by atoms with Gasteiger partial charge in [-0.1, -0.05) is 43.4 Å². The van der Waals surface area contributed by atoms with E-state index in [2.05, 4.69) is 0 Å². The third kappa shape index (κ3) is 6.40. The van der Waals surface area contributed by atoms with Crippen LogP contribution in [0.1, 0.15) is 50.5 Å². The third-order valence-electron chi connectivity index (χ3n) is 4.75. The van der Waals surface area contributed by atoms with E-state index in [0.29, 0.717) is 12.3 Å². The Morgan fingerprint density at radius 1 is 1.08 bits per heavy atom. The van der Waals surface area contributed by atoms with Gasteiger partial charge in [-0.15, -0.1) is 0 Å². The highest BCUT2D eigenvalue weighted by atomic mass is 16.5. The third-order valence-corrected chi connectivity index (χ3v) is 4.75. The zero-order valence-electron chi connectivity index (χ0n) is 15.3. The molecule has 0 atom stereocenters. The van der Waals surface area contributed by atoms with E-state index in [1.54, 1.807) is 0 Å². The first-order valence-electron chi connectivity index (χ1n) is 9.16. The summed E-state index contributed by atoms with van der Waals surface area (Å²) in [5.41, 5.74) is 1.15. The number of hydrogen-bond donors (Lipinski definition) is 0. The van der Waals surface area contributed by atoms with Gasteiger partial charge in [-0.05, 0) is 31.9 Å². The number of ether oxygens (including phenoxy) is 2. The maximum atomic E-state index is 12.7. The number of methoxy groups -OCH3 is 1. The number of benzene rings is 1. The summed E-state index contributed by atoms with van der Waals surface area (Å²) in [6.07, 6.45) is 6.92. The SMILES string of the molecule is COC(=O)CCN(C(=O)COc1ccc(C)cc1)C1CCCCCC1. The van der Waals surface area contributed by atoms with Crippen LogP contribution >= 0.6 is 0 Å². The van der Waals surface area contributed by atoms with Crippen LogP contribution < -0.4 is 4.74 Å². The standard InChI is InChI=1S/C20H29NO4/c1-16-9-11-18(12-10-16)25-15-19(22)21(14-13-20(23)24-2)17-7-5-3-4-6-8-17/h9-12,17H,3-8,13-15H2,1-2H3. The van der Waals surface area contributed by atoms with Crippen molar-refractivity contribution in [2.45, 2.75) is 57.9 Å². The van der Waals surface area contributed by atoms with Crippen LogP contribution in [0.3, 0.4) is 0 Å². The van der Waals surface area contributed by atoms with Crippen LogP contribution in [0.5, 0.6) is 5.75 Å². The van der Waals surface area contributed by atoms with Crippen molar-refractivity contribution in [1.82, 2.24) is 4.90 Å². The van der Waals surface area contributed by atoms with Crippen LogP contribution in [0.4, 0.5) is 0 Å². The number of nitrogens with zero attached hydrogens (tertiary/aromatic N) is 1. The number of hydrogen-bond acceptors (Lipinski definition) is 4. The van der Waals surface area contributed by atoms with Crippen LogP contribution in [0, 0.1) is 6.92 Å². The van der Waals surface area contributed by atoms with E-state index in [0.717, 1.165) is 31.2 Å². The van der Waals surface area contributed by atoms with Gasteiger partial charge in [0.2, 0.25) is 0 Å². The van der Waals surface area contributed by atoms with Crippen LogP contribution in [0.15, 0.2) is 24.3 Å². The minimum atomic E-state index is -0.286. The highest BCUT2D eigenvalue weighted by Crippen LogP contribution is 2.22. The van der Waals surface area contributed by atoms with Crippen LogP contribution in [0.25, 0.3) is 0 Å². The van der Waals surface area contributed by atoms with E-state index in [-0.39, 0.29) is 30.9 Å². The van der Waals surface area contributed by atoms with E-state index in [1.165, 1.54) is 20.0 Å². The van der Waals surface area contributed by atoms with Crippen molar-refractivity contribution in [3.63, 3.8) is 0 Å². The summed E-state index contributed by atoms with van der Waals surface area (Å²) in [5.74, 6) is 0.343. The van der Waals surface area contributed by atoms with Crippen molar-refractivity contribution in [1.29, 1.82) is 0 Å². The molecule has 0 aliphatic heterocycles. The van der Waals surface area contributed by atoms with E-state index in [1.807, 2.05) is 36.1 Å². The summed E-state index contributed by atoms with van der Waals surface area (Å²) < 4.78 is 10.4. The van der Waals surface area contributed by atoms with Crippen LogP contribution in [-0.2, 0) is 14.3 Å². The number of carbonyl (C=O) groups is 2. The largest absolute Gasteiger partial charge is 0.484 e. The molecule has 0 unspecified atom stereocenters. The fraction of sp³-hybridized carbons (Fsp3) is 0.600. The molecule has 1 aromatic carbocycles. The molecule has 1 aliphatic rings. The molecule has 5 nitrogen and oxygen atoms in total. The molecule has 138 valence electrons. The number of esters is 1. The summed E-state index contributed by atoms with van der Waals surface area (Å²) >= 11 is 0. The number of rotatable bonds is 7. The molecule has 1 fully saturated rings. The predicted molar refractivity (Wildman–Crippen MR) is 96.5 cm³/mol. The molecular formula is C20H29NO4. The molecule has 1 aliphatic carbocycles. The first-order valence-corrected chi connectivity index (χ1v) is 9.16. The second kappa shape index (κ2) is 10.1. The van der Waals surface area contributed by atoms with Crippen molar-refractivity contribution in [2.24, 2.45) is 0 Å². The van der Waals surface area contributed by atoms with Crippen molar-refractivity contribution < 1.29 is 19.1 Å². The molecule has 0 spiro atoms. The summed E-state index contributed by atoms with van der Waals surface area (Å²) in [7, 11) is 1.38. The summed E-state index contributed by atoms with van der Waals surface area (Å²) in [6, 6.07) is 7.85. The Morgan fingerprint density at radius 3 is 2.32 bits per heavy atom. The molecule has 5 heteroatoms. The maximum Gasteiger partial charge on any atom is 0.307 e. The molecule has 2 rings (SSSR count). The minimum absolute atomic E-state index is 0.000728. The smallest absolute Gasteiger partial charge is 0.307 e. The fourth-order valence-corrected chi connectivity index (χ4v) is 3.26. The highest BCUT2D eigenvalue weighted by molar-refractivity contribution is 5.79. The molecule has 0 radical (unpaired) electrons. The van der Waals surface area contributed by atoms with E-state index in [9.17, 15) is 9.59 Å². The average molecular weight is 347 g/mol. The monoisotopic (exact) mass is 347 g/mol. The molecular weight excluding hydrogens is 318 g/mol. The van der Waals surface area contributed by atoms with Crippen molar-refractivity contribution >= 4 is 11.9 Å². The summed E-state index contributed by atoms with van der Waals surface area (Å²) in [5, 5.41) is 0. The molecule has 0 bridgehead atoms. The molecule has 25 heavy (non-hydrogen) atoms. The Kier molecular flexibility index (Phi) is 7.76. The number of aryl methyl sites for hydroxylation is 1. The molecule has 0 heterocycles. The van der Waals surface area contributed by atoms with Crippen molar-refractivity contribution in [3.05, 3.63) is 29.8 Å². The van der Waals surface area contributed by atoms with Gasteiger partial charge >= 0.3 is 5.97 Å². The predicted octanol–water partition coefficient (Wildman–Crippen LogP) is 3.49. The summed E-state index contributed by atoms with van der Waals surface area (Å²) in [6.45, 7) is 2.41. The minimum Gasteiger partial charge on any atom is -0.484 e. The number of amides is 1. The Balaban J connectivity index is 1.97. The van der Waals surface area contributed by atoms with Gasteiger partial charge in [-0.2, -0.15) is 0 Å². The van der Waals surface area contributed by atoms with Crippen molar-refractivity contribution in [2.75, 3.05) is 20.3 Å². The molecule has 1 aromatic rings. The first-order chi connectivity index (χ1) is 12.1. The second-order valence-electron chi connectivity index (χ2n) is 6.66. The Bertz CT molecular complexity index is 547. The van der Waals surface area contributed by atoms with Gasteiger partial charge in [0.1, 0.15) is 5.75 Å². The van der Waals surface area contributed by atoms with Gasteiger partial charge in [0.15, 0.2) is 6.61 Å². The first kappa shape index (κ1) is 19.3. The fourth-order valence-electron chi connectivity index (χ4n) is 3.26. The Labute approximate surface area is 150 Å². The van der Waals surface area contributed by atoms with Gasteiger partial charge in [-0.3, -0.25) is 9.59 Å². The Hall–Kier alpha value is -2.04. The lowest BCUT2D eigenvalue weighted by Crippen LogP contribution is -2.44. The average Bonchev–Trinajstić information content (AvgIpc) is 2.90. The lowest BCUT2D eigenvalue weighted by atomic mass is 10.1. The van der Waals surface area contributed by atoms with Crippen LogP contribution in [-0.4, -0.2) is 43.1 Å². The van der Waals surface area contributed by atoms with E-state index >= 15 is 0 Å². The van der Waals surface area contributed by atoms with Gasteiger partial charge in [0, 0.05) is 12.6 Å². The quantitative estimate of drug-likeness (QED) is 0.560. The lowest BCUT2D eigenvalue weighted by molar-refractivity contribution is -0.143. The van der Waals surface area contributed by atoms with E-state index < -0.39 is 0 Å². The molecule has 0 aromatic heterocycles. The zero-order valence-corrected chi connectivity index (χ0v) is 15.3. The van der Waals surface area contributed by atoms with Gasteiger partial charge < -0.3 is 14.4 Å². The molecule has 0 saturated heterocycles. The molecule has 1 amide bonds. The van der Waals surface area contributed by atoms with Gasteiger partial charge in [0.05, 0.1) is 13.5 Å². The molecule has 1 saturated carbocycles. The second-order valence-corrected chi connectivity index (χ2v) is 6.66. The Morgan fingerprint density at radius 2 is 1.72 bits per heavy atom. The normalized spacial score (nSPS) is 15.3. The van der Waals surface area contributed by atoms with E-state index in [4.69, 9.17) is 9.47 Å². The van der Waals surface area contributed by atoms with Crippen molar-refractivity contribution in [3.8, 4) is 5.75 Å².